The second-order valence-electron chi connectivity index (χ2n) is 4.21. The number of aromatic nitrogens is 5. The highest BCUT2D eigenvalue weighted by Crippen LogP contribution is 2.21. The van der Waals surface area contributed by atoms with E-state index in [0.717, 1.165) is 12.1 Å². The fraction of sp³-hybridized carbons (Fsp3) is 0.333. The van der Waals surface area contributed by atoms with Crippen LogP contribution in [0.3, 0.4) is 0 Å². The van der Waals surface area contributed by atoms with Gasteiger partial charge in [0.2, 0.25) is 11.7 Å². The smallest absolute Gasteiger partial charge is 0.248 e. The Labute approximate surface area is 119 Å². The van der Waals surface area contributed by atoms with Crippen LogP contribution in [0.1, 0.15) is 30.3 Å². The van der Waals surface area contributed by atoms with Crippen molar-refractivity contribution in [2.75, 3.05) is 0 Å². The van der Waals surface area contributed by atoms with Crippen LogP contribution in [0.2, 0.25) is 0 Å². The van der Waals surface area contributed by atoms with Gasteiger partial charge in [0, 0.05) is 0 Å². The average Bonchev–Trinajstić information content (AvgIpc) is 3.19. The monoisotopic (exact) mass is 293 g/mol. The van der Waals surface area contributed by atoms with E-state index >= 15 is 0 Å². The molecule has 1 atom stereocenters. The Morgan fingerprint density at radius 3 is 3.10 bits per heavy atom. The molecule has 20 heavy (non-hydrogen) atoms. The summed E-state index contributed by atoms with van der Waals surface area (Å²) in [5.41, 5.74) is 0.736. The molecule has 0 aliphatic heterocycles. The van der Waals surface area contributed by atoms with Crippen molar-refractivity contribution in [1.82, 2.24) is 25.1 Å². The molecule has 3 aromatic rings. The molecule has 0 fully saturated rings. The molecule has 0 bridgehead atoms. The molecular formula is C12H12ClN5O2. The van der Waals surface area contributed by atoms with Crippen LogP contribution in [0, 0.1) is 0 Å². The maximum Gasteiger partial charge on any atom is 0.248 e. The minimum absolute atomic E-state index is 0.134. The minimum Gasteiger partial charge on any atom is -0.461 e. The van der Waals surface area contributed by atoms with E-state index in [2.05, 4.69) is 20.5 Å². The van der Waals surface area contributed by atoms with Crippen molar-refractivity contribution in [3.05, 3.63) is 36.2 Å². The van der Waals surface area contributed by atoms with Gasteiger partial charge in [-0.3, -0.25) is 0 Å². The van der Waals surface area contributed by atoms with E-state index in [1.54, 1.807) is 29.3 Å². The first-order valence-corrected chi connectivity index (χ1v) is 6.60. The molecule has 0 aromatic carbocycles. The van der Waals surface area contributed by atoms with Crippen molar-refractivity contribution < 1.29 is 8.94 Å². The van der Waals surface area contributed by atoms with Crippen molar-refractivity contribution in [2.24, 2.45) is 0 Å². The molecule has 0 spiro atoms. The van der Waals surface area contributed by atoms with Crippen LogP contribution < -0.4 is 0 Å². The van der Waals surface area contributed by atoms with Gasteiger partial charge in [-0.05, 0) is 18.6 Å². The number of alkyl halides is 1. The quantitative estimate of drug-likeness (QED) is 0.673. The van der Waals surface area contributed by atoms with E-state index in [1.807, 2.05) is 6.92 Å². The zero-order valence-corrected chi connectivity index (χ0v) is 11.5. The van der Waals surface area contributed by atoms with Crippen LogP contribution in [0.25, 0.3) is 11.6 Å². The summed E-state index contributed by atoms with van der Waals surface area (Å²) in [6.07, 6.45) is 4.13. The van der Waals surface area contributed by atoms with Crippen molar-refractivity contribution in [1.29, 1.82) is 0 Å². The predicted molar refractivity (Wildman–Crippen MR) is 70.0 cm³/mol. The van der Waals surface area contributed by atoms with Gasteiger partial charge in [0.25, 0.3) is 0 Å². The topological polar surface area (TPSA) is 82.8 Å². The third kappa shape index (κ3) is 2.57. The number of rotatable bonds is 5. The summed E-state index contributed by atoms with van der Waals surface area (Å²) in [6.45, 7) is 2.33. The molecule has 0 aliphatic rings. The third-order valence-electron chi connectivity index (χ3n) is 2.74. The molecule has 7 nitrogen and oxygen atoms in total. The first kappa shape index (κ1) is 12.9. The first-order chi connectivity index (χ1) is 9.76. The maximum atomic E-state index is 6.10. The van der Waals surface area contributed by atoms with Gasteiger partial charge in [0.05, 0.1) is 17.8 Å². The number of halogens is 1. The summed E-state index contributed by atoms with van der Waals surface area (Å²) in [7, 11) is 0. The Morgan fingerprint density at radius 1 is 1.45 bits per heavy atom. The highest BCUT2D eigenvalue weighted by Gasteiger charge is 2.14. The number of nitrogens with zero attached hydrogens (tertiary/aromatic N) is 5. The summed E-state index contributed by atoms with van der Waals surface area (Å²) in [4.78, 5) is 4.23. The molecular weight excluding hydrogens is 282 g/mol. The third-order valence-corrected chi connectivity index (χ3v) is 3.27. The van der Waals surface area contributed by atoms with Crippen LogP contribution in [-0.2, 0) is 6.54 Å². The number of hydrogen-bond acceptors (Lipinski definition) is 6. The standard InChI is InChI=1S/C12H12ClN5O2/c1-2-8(13)9-6-18(17-15-9)7-11-14-12(16-20-11)10-4-3-5-19-10/h3-6,8H,2,7H2,1H3. The lowest BCUT2D eigenvalue weighted by Gasteiger charge is -1.98. The van der Waals surface area contributed by atoms with Crippen molar-refractivity contribution in [2.45, 2.75) is 25.3 Å². The van der Waals surface area contributed by atoms with Crippen molar-refractivity contribution in [3.8, 4) is 11.6 Å². The first-order valence-electron chi connectivity index (χ1n) is 6.17. The summed E-state index contributed by atoms with van der Waals surface area (Å²) in [5.74, 6) is 1.40. The van der Waals surface area contributed by atoms with Crippen LogP contribution in [0.15, 0.2) is 33.5 Å². The Balaban J connectivity index is 1.73. The Morgan fingerprint density at radius 2 is 2.35 bits per heavy atom. The molecule has 3 rings (SSSR count). The van der Waals surface area contributed by atoms with E-state index in [0.29, 0.717) is 24.0 Å². The fourth-order valence-electron chi connectivity index (χ4n) is 1.71. The van der Waals surface area contributed by atoms with Gasteiger partial charge in [0.1, 0.15) is 12.2 Å². The van der Waals surface area contributed by atoms with Crippen LogP contribution >= 0.6 is 11.6 Å². The van der Waals surface area contributed by atoms with Crippen LogP contribution in [0.4, 0.5) is 0 Å². The molecule has 0 amide bonds. The van der Waals surface area contributed by atoms with Gasteiger partial charge in [-0.1, -0.05) is 17.3 Å². The number of hydrogen-bond donors (Lipinski definition) is 0. The largest absolute Gasteiger partial charge is 0.461 e. The number of furan rings is 1. The Bertz CT molecular complexity index is 676. The highest BCUT2D eigenvalue weighted by atomic mass is 35.5. The zero-order valence-electron chi connectivity index (χ0n) is 10.7. The van der Waals surface area contributed by atoms with Crippen molar-refractivity contribution in [3.63, 3.8) is 0 Å². The molecule has 0 saturated carbocycles. The molecule has 0 N–H and O–H groups in total. The predicted octanol–water partition coefficient (Wildman–Crippen LogP) is 2.66. The highest BCUT2D eigenvalue weighted by molar-refractivity contribution is 6.20. The Kier molecular flexibility index (Phi) is 3.51. The molecule has 8 heteroatoms. The lowest BCUT2D eigenvalue weighted by atomic mass is 10.3. The normalized spacial score (nSPS) is 12.7. The minimum atomic E-state index is -0.134. The molecule has 0 saturated heterocycles. The molecule has 0 aliphatic carbocycles. The van der Waals surface area contributed by atoms with Gasteiger partial charge >= 0.3 is 0 Å². The summed E-state index contributed by atoms with van der Waals surface area (Å²) >= 11 is 6.10. The van der Waals surface area contributed by atoms with Gasteiger partial charge in [0.15, 0.2) is 5.76 Å². The fourth-order valence-corrected chi connectivity index (χ4v) is 1.81. The van der Waals surface area contributed by atoms with Crippen molar-refractivity contribution >= 4 is 11.6 Å². The Hall–Kier alpha value is -2.15. The second kappa shape index (κ2) is 5.46. The van der Waals surface area contributed by atoms with E-state index in [-0.39, 0.29) is 5.38 Å². The molecule has 104 valence electrons. The molecule has 0 radical (unpaired) electrons. The summed E-state index contributed by atoms with van der Waals surface area (Å²) in [6, 6.07) is 3.53. The maximum absolute atomic E-state index is 6.10. The molecule has 3 heterocycles. The van der Waals surface area contributed by atoms with Crippen LogP contribution in [0.5, 0.6) is 0 Å². The van der Waals surface area contributed by atoms with E-state index in [9.17, 15) is 0 Å². The lowest BCUT2D eigenvalue weighted by molar-refractivity contribution is 0.363. The summed E-state index contributed by atoms with van der Waals surface area (Å²) < 4.78 is 12.0. The second-order valence-corrected chi connectivity index (χ2v) is 4.73. The SMILES string of the molecule is CCC(Cl)c1cn(Cc2nc(-c3ccco3)no2)nn1. The van der Waals surface area contributed by atoms with Gasteiger partial charge in [-0.15, -0.1) is 16.7 Å². The average molecular weight is 294 g/mol. The molecule has 1 unspecified atom stereocenters. The summed E-state index contributed by atoms with van der Waals surface area (Å²) in [5, 5.41) is 11.7. The van der Waals surface area contributed by atoms with Crippen LogP contribution in [-0.4, -0.2) is 25.1 Å². The zero-order chi connectivity index (χ0) is 13.9. The van der Waals surface area contributed by atoms with Gasteiger partial charge in [-0.2, -0.15) is 4.98 Å². The van der Waals surface area contributed by atoms with Gasteiger partial charge < -0.3 is 8.94 Å². The molecule has 3 aromatic heterocycles. The lowest BCUT2D eigenvalue weighted by Crippen LogP contribution is -2.00. The van der Waals surface area contributed by atoms with E-state index in [1.165, 1.54) is 0 Å². The van der Waals surface area contributed by atoms with E-state index < -0.39 is 0 Å². The van der Waals surface area contributed by atoms with Gasteiger partial charge in [-0.25, -0.2) is 4.68 Å². The van der Waals surface area contributed by atoms with E-state index in [4.69, 9.17) is 20.5 Å².